The lowest BCUT2D eigenvalue weighted by Gasteiger charge is -1.99. The van der Waals surface area contributed by atoms with Gasteiger partial charge in [0.1, 0.15) is 10.8 Å². The molecule has 1 heterocycles. The van der Waals surface area contributed by atoms with Gasteiger partial charge in [-0.3, -0.25) is 0 Å². The van der Waals surface area contributed by atoms with Crippen molar-refractivity contribution in [3.63, 3.8) is 0 Å². The van der Waals surface area contributed by atoms with E-state index >= 15 is 0 Å². The first kappa shape index (κ1) is 10.1. The Hall–Kier alpha value is -1.39. The van der Waals surface area contributed by atoms with Crippen LogP contribution in [0.4, 0.5) is 0 Å². The Bertz CT molecular complexity index is 465. The summed E-state index contributed by atoms with van der Waals surface area (Å²) in [5.74, 6) is 0.253. The van der Waals surface area contributed by atoms with Gasteiger partial charge in [0.2, 0.25) is 0 Å². The van der Waals surface area contributed by atoms with Gasteiger partial charge in [0, 0.05) is 17.1 Å². The minimum absolute atomic E-state index is 0.0119. The number of thiazole rings is 1. The third kappa shape index (κ3) is 2.00. The Labute approximate surface area is 92.2 Å². The van der Waals surface area contributed by atoms with Crippen molar-refractivity contribution in [2.24, 2.45) is 5.73 Å². The average Bonchev–Trinajstić information content (AvgIpc) is 2.67. The van der Waals surface area contributed by atoms with Gasteiger partial charge in [-0.1, -0.05) is 12.1 Å². The van der Waals surface area contributed by atoms with Crippen LogP contribution >= 0.6 is 11.3 Å². The van der Waals surface area contributed by atoms with Crippen LogP contribution in [0.15, 0.2) is 30.5 Å². The zero-order valence-corrected chi connectivity index (χ0v) is 9.16. The molecule has 0 fully saturated rings. The third-order valence-electron chi connectivity index (χ3n) is 2.11. The van der Waals surface area contributed by atoms with Crippen molar-refractivity contribution in [1.29, 1.82) is 0 Å². The van der Waals surface area contributed by atoms with Gasteiger partial charge in [-0.15, -0.1) is 11.3 Å². The van der Waals surface area contributed by atoms with E-state index in [1.165, 1.54) is 11.3 Å². The van der Waals surface area contributed by atoms with Crippen LogP contribution in [0.3, 0.4) is 0 Å². The summed E-state index contributed by atoms with van der Waals surface area (Å²) in [4.78, 5) is 5.27. The number of aromatic hydroxyl groups is 1. The molecule has 2 rings (SSSR count). The molecular formula is C11H12N2OS. The summed E-state index contributed by atoms with van der Waals surface area (Å²) in [5.41, 5.74) is 6.51. The summed E-state index contributed by atoms with van der Waals surface area (Å²) >= 11 is 1.51. The molecule has 0 aliphatic carbocycles. The van der Waals surface area contributed by atoms with Crippen molar-refractivity contribution >= 4 is 11.3 Å². The van der Waals surface area contributed by atoms with Gasteiger partial charge in [0.05, 0.1) is 5.56 Å². The van der Waals surface area contributed by atoms with Crippen LogP contribution in [0.1, 0.15) is 17.8 Å². The Morgan fingerprint density at radius 2 is 2.13 bits per heavy atom. The van der Waals surface area contributed by atoms with Gasteiger partial charge in [0.15, 0.2) is 0 Å². The van der Waals surface area contributed by atoms with Gasteiger partial charge in [-0.2, -0.15) is 0 Å². The molecule has 0 amide bonds. The minimum atomic E-state index is -0.0119. The largest absolute Gasteiger partial charge is 0.507 e. The molecule has 1 unspecified atom stereocenters. The SMILES string of the molecule is CC(N)c1cnc(-c2ccccc2O)s1. The fraction of sp³-hybridized carbons (Fsp3) is 0.182. The fourth-order valence-electron chi connectivity index (χ4n) is 1.28. The zero-order chi connectivity index (χ0) is 10.8. The predicted molar refractivity (Wildman–Crippen MR) is 61.8 cm³/mol. The topological polar surface area (TPSA) is 59.1 Å². The molecule has 2 aromatic rings. The van der Waals surface area contributed by atoms with Crippen molar-refractivity contribution in [3.8, 4) is 16.3 Å². The second-order valence-electron chi connectivity index (χ2n) is 3.37. The average molecular weight is 220 g/mol. The van der Waals surface area contributed by atoms with Gasteiger partial charge < -0.3 is 10.8 Å². The monoisotopic (exact) mass is 220 g/mol. The van der Waals surface area contributed by atoms with Crippen LogP contribution in [0.5, 0.6) is 5.75 Å². The van der Waals surface area contributed by atoms with E-state index in [4.69, 9.17) is 5.73 Å². The first-order chi connectivity index (χ1) is 7.18. The molecule has 0 aliphatic rings. The number of phenolic OH excluding ortho intramolecular Hbond substituents is 1. The van der Waals surface area contributed by atoms with Gasteiger partial charge in [0.25, 0.3) is 0 Å². The lowest BCUT2D eigenvalue weighted by Crippen LogP contribution is -2.01. The number of hydrogen-bond donors (Lipinski definition) is 2. The first-order valence-corrected chi connectivity index (χ1v) is 5.50. The highest BCUT2D eigenvalue weighted by Crippen LogP contribution is 2.33. The molecule has 3 nitrogen and oxygen atoms in total. The van der Waals surface area contributed by atoms with Crippen LogP contribution in [-0.4, -0.2) is 10.1 Å². The number of nitrogens with two attached hydrogens (primary N) is 1. The number of para-hydroxylation sites is 1. The fourth-order valence-corrected chi connectivity index (χ4v) is 2.18. The van der Waals surface area contributed by atoms with E-state index in [1.807, 2.05) is 19.1 Å². The lowest BCUT2D eigenvalue weighted by atomic mass is 10.2. The molecule has 0 saturated carbocycles. The molecular weight excluding hydrogens is 208 g/mol. The van der Waals surface area contributed by atoms with Crippen LogP contribution < -0.4 is 5.73 Å². The van der Waals surface area contributed by atoms with Crippen molar-refractivity contribution < 1.29 is 5.11 Å². The van der Waals surface area contributed by atoms with E-state index in [9.17, 15) is 5.11 Å². The van der Waals surface area contributed by atoms with Crippen LogP contribution in [-0.2, 0) is 0 Å². The van der Waals surface area contributed by atoms with Crippen LogP contribution in [0.25, 0.3) is 10.6 Å². The second-order valence-corrected chi connectivity index (χ2v) is 4.44. The maximum atomic E-state index is 9.65. The van der Waals surface area contributed by atoms with E-state index in [0.717, 1.165) is 15.4 Å². The molecule has 3 N–H and O–H groups in total. The lowest BCUT2D eigenvalue weighted by molar-refractivity contribution is 0.477. The molecule has 0 spiro atoms. The maximum Gasteiger partial charge on any atom is 0.127 e. The second kappa shape index (κ2) is 4.00. The highest BCUT2D eigenvalue weighted by atomic mass is 32.1. The molecule has 4 heteroatoms. The summed E-state index contributed by atoms with van der Waals surface area (Å²) in [6.07, 6.45) is 1.76. The van der Waals surface area contributed by atoms with Gasteiger partial charge >= 0.3 is 0 Å². The van der Waals surface area contributed by atoms with E-state index in [2.05, 4.69) is 4.98 Å². The van der Waals surface area contributed by atoms with Gasteiger partial charge in [-0.25, -0.2) is 4.98 Å². The maximum absolute atomic E-state index is 9.65. The number of hydrogen-bond acceptors (Lipinski definition) is 4. The molecule has 0 radical (unpaired) electrons. The molecule has 1 aromatic carbocycles. The van der Waals surface area contributed by atoms with E-state index < -0.39 is 0 Å². The number of nitrogens with zero attached hydrogens (tertiary/aromatic N) is 1. The quantitative estimate of drug-likeness (QED) is 0.817. The van der Waals surface area contributed by atoms with Crippen LogP contribution in [0.2, 0.25) is 0 Å². The molecule has 0 bridgehead atoms. The van der Waals surface area contributed by atoms with Crippen molar-refractivity contribution in [2.45, 2.75) is 13.0 Å². The Morgan fingerprint density at radius 3 is 2.73 bits per heavy atom. The van der Waals surface area contributed by atoms with E-state index in [-0.39, 0.29) is 11.8 Å². The van der Waals surface area contributed by atoms with Crippen molar-refractivity contribution in [2.75, 3.05) is 0 Å². The van der Waals surface area contributed by atoms with Crippen molar-refractivity contribution in [3.05, 3.63) is 35.3 Å². The first-order valence-electron chi connectivity index (χ1n) is 4.68. The Kier molecular flexibility index (Phi) is 2.70. The molecule has 0 aliphatic heterocycles. The number of rotatable bonds is 2. The number of benzene rings is 1. The smallest absolute Gasteiger partial charge is 0.127 e. The third-order valence-corrected chi connectivity index (χ3v) is 3.34. The summed E-state index contributed by atoms with van der Waals surface area (Å²) in [6.45, 7) is 1.92. The van der Waals surface area contributed by atoms with E-state index in [0.29, 0.717) is 0 Å². The number of phenols is 1. The summed E-state index contributed by atoms with van der Waals surface area (Å²) in [6, 6.07) is 7.16. The van der Waals surface area contributed by atoms with Crippen LogP contribution in [0, 0.1) is 0 Å². The van der Waals surface area contributed by atoms with Gasteiger partial charge in [-0.05, 0) is 19.1 Å². The zero-order valence-electron chi connectivity index (χ0n) is 8.34. The minimum Gasteiger partial charge on any atom is -0.507 e. The molecule has 1 atom stereocenters. The molecule has 15 heavy (non-hydrogen) atoms. The summed E-state index contributed by atoms with van der Waals surface area (Å²) < 4.78 is 0. The normalized spacial score (nSPS) is 12.7. The molecule has 1 aromatic heterocycles. The highest BCUT2D eigenvalue weighted by molar-refractivity contribution is 7.15. The Morgan fingerprint density at radius 1 is 1.40 bits per heavy atom. The molecule has 0 saturated heterocycles. The Balaban J connectivity index is 2.42. The highest BCUT2D eigenvalue weighted by Gasteiger charge is 2.10. The summed E-state index contributed by atoms with van der Waals surface area (Å²) in [5, 5.41) is 10.5. The van der Waals surface area contributed by atoms with Crippen molar-refractivity contribution in [1.82, 2.24) is 4.98 Å². The predicted octanol–water partition coefficient (Wildman–Crippen LogP) is 2.54. The van der Waals surface area contributed by atoms with E-state index in [1.54, 1.807) is 18.3 Å². The standard InChI is InChI=1S/C11H12N2OS/c1-7(12)10-6-13-11(15-10)8-4-2-3-5-9(8)14/h2-7,14H,12H2,1H3. The number of aromatic nitrogens is 1. The molecule has 78 valence electrons. The summed E-state index contributed by atoms with van der Waals surface area (Å²) in [7, 11) is 0.